The zero-order valence-corrected chi connectivity index (χ0v) is 5.22. The minimum absolute atomic E-state index is 0.0579. The van der Waals surface area contributed by atoms with Crippen LogP contribution in [0.15, 0.2) is 23.8 Å². The minimum Gasteiger partial charge on any atom is -0.478 e. The number of aliphatic carboxylic acids is 1. The van der Waals surface area contributed by atoms with Crippen LogP contribution < -0.4 is 0 Å². The number of carboxylic acid groups (broad SMARTS) is 1. The van der Waals surface area contributed by atoms with Crippen LogP contribution in [0.5, 0.6) is 0 Å². The Balaban J connectivity index is 2.67. The first kappa shape index (κ1) is 6.08. The van der Waals surface area contributed by atoms with Crippen molar-refractivity contribution in [3.63, 3.8) is 0 Å². The third kappa shape index (κ3) is 0.762. The Morgan fingerprint density at radius 1 is 1.89 bits per heavy atom. The van der Waals surface area contributed by atoms with Crippen LogP contribution in [0.4, 0.5) is 0 Å². The van der Waals surface area contributed by atoms with Crippen LogP contribution in [0.3, 0.4) is 0 Å². The molecule has 2 nitrogen and oxygen atoms in total. The van der Waals surface area contributed by atoms with Crippen molar-refractivity contribution in [3.05, 3.63) is 23.8 Å². The van der Waals surface area contributed by atoms with E-state index in [0.717, 1.165) is 5.57 Å². The number of rotatable bonds is 2. The van der Waals surface area contributed by atoms with Gasteiger partial charge in [-0.2, -0.15) is 0 Å². The largest absolute Gasteiger partial charge is 0.478 e. The molecule has 9 heavy (non-hydrogen) atoms. The quantitative estimate of drug-likeness (QED) is 0.561. The summed E-state index contributed by atoms with van der Waals surface area (Å²) in [5, 5.41) is 8.42. The van der Waals surface area contributed by atoms with Crippen LogP contribution in [-0.4, -0.2) is 11.1 Å². The summed E-state index contributed by atoms with van der Waals surface area (Å²) in [4.78, 5) is 10.2. The fourth-order valence-corrected chi connectivity index (χ4v) is 0.950. The molecular formula is C7H8O2. The van der Waals surface area contributed by atoms with Gasteiger partial charge in [-0.3, -0.25) is 0 Å². The molecule has 0 aromatic heterocycles. The van der Waals surface area contributed by atoms with E-state index in [4.69, 9.17) is 5.11 Å². The average Bonchev–Trinajstić information content (AvgIpc) is 2.40. The van der Waals surface area contributed by atoms with Gasteiger partial charge < -0.3 is 5.11 Å². The molecule has 0 bridgehead atoms. The van der Waals surface area contributed by atoms with Crippen molar-refractivity contribution in [3.8, 4) is 0 Å². The predicted molar refractivity (Wildman–Crippen MR) is 34.0 cm³/mol. The standard InChI is InChI=1S/C7H8O2/c1-3-5-4(2)6(5)7(8)9/h3,5H,1H2,2H3,(H,8,9). The van der Waals surface area contributed by atoms with E-state index >= 15 is 0 Å². The molecule has 1 atom stereocenters. The Bertz CT molecular complexity index is 201. The van der Waals surface area contributed by atoms with Crippen molar-refractivity contribution in [2.24, 2.45) is 5.92 Å². The normalized spacial score (nSPS) is 23.9. The van der Waals surface area contributed by atoms with Crippen LogP contribution in [-0.2, 0) is 4.79 Å². The van der Waals surface area contributed by atoms with Gasteiger partial charge in [0.05, 0.1) is 0 Å². The van der Waals surface area contributed by atoms with E-state index in [1.165, 1.54) is 0 Å². The summed E-state index contributed by atoms with van der Waals surface area (Å²) in [5.41, 5.74) is 1.46. The van der Waals surface area contributed by atoms with Crippen LogP contribution in [0.2, 0.25) is 0 Å². The van der Waals surface area contributed by atoms with Crippen molar-refractivity contribution in [2.45, 2.75) is 6.92 Å². The molecule has 0 fully saturated rings. The van der Waals surface area contributed by atoms with Gasteiger partial charge in [0, 0.05) is 11.5 Å². The molecule has 2 heteroatoms. The summed E-state index contributed by atoms with van der Waals surface area (Å²) >= 11 is 0. The first-order valence-electron chi connectivity index (χ1n) is 2.75. The van der Waals surface area contributed by atoms with Gasteiger partial charge in [0.1, 0.15) is 0 Å². The number of carboxylic acids is 1. The minimum atomic E-state index is -0.808. The highest BCUT2D eigenvalue weighted by Crippen LogP contribution is 2.39. The second kappa shape index (κ2) is 1.72. The molecule has 1 aliphatic carbocycles. The molecule has 0 spiro atoms. The third-order valence-electron chi connectivity index (χ3n) is 1.59. The second-order valence-corrected chi connectivity index (χ2v) is 2.12. The molecule has 0 aliphatic heterocycles. The highest BCUT2D eigenvalue weighted by Gasteiger charge is 2.35. The third-order valence-corrected chi connectivity index (χ3v) is 1.59. The summed E-state index contributed by atoms with van der Waals surface area (Å²) in [7, 11) is 0. The van der Waals surface area contributed by atoms with E-state index in [1.54, 1.807) is 6.08 Å². The maximum absolute atomic E-state index is 10.2. The Labute approximate surface area is 53.5 Å². The van der Waals surface area contributed by atoms with E-state index in [-0.39, 0.29) is 5.92 Å². The maximum Gasteiger partial charge on any atom is 0.332 e. The lowest BCUT2D eigenvalue weighted by atomic mass is 10.3. The van der Waals surface area contributed by atoms with Crippen molar-refractivity contribution in [1.29, 1.82) is 0 Å². The summed E-state index contributed by atoms with van der Waals surface area (Å²) < 4.78 is 0. The first-order valence-corrected chi connectivity index (χ1v) is 2.75. The van der Waals surface area contributed by atoms with Crippen LogP contribution in [0.1, 0.15) is 6.92 Å². The second-order valence-electron chi connectivity index (χ2n) is 2.12. The van der Waals surface area contributed by atoms with Crippen molar-refractivity contribution >= 4 is 5.97 Å². The van der Waals surface area contributed by atoms with Gasteiger partial charge in [-0.15, -0.1) is 6.58 Å². The van der Waals surface area contributed by atoms with E-state index in [0.29, 0.717) is 5.57 Å². The van der Waals surface area contributed by atoms with E-state index in [1.807, 2.05) is 6.92 Å². The lowest BCUT2D eigenvalue weighted by molar-refractivity contribution is -0.132. The molecule has 0 saturated heterocycles. The van der Waals surface area contributed by atoms with Crippen LogP contribution in [0, 0.1) is 5.92 Å². The summed E-state index contributed by atoms with van der Waals surface area (Å²) in [6, 6.07) is 0. The SMILES string of the molecule is C=CC1C(C)=C1C(=O)O. The van der Waals surface area contributed by atoms with Crippen molar-refractivity contribution < 1.29 is 9.90 Å². The molecule has 0 aromatic carbocycles. The highest BCUT2D eigenvalue weighted by molar-refractivity contribution is 5.95. The Hall–Kier alpha value is -1.05. The Kier molecular flexibility index (Phi) is 1.16. The lowest BCUT2D eigenvalue weighted by Gasteiger charge is -1.82. The molecule has 1 rings (SSSR count). The molecule has 1 aliphatic rings. The number of carbonyl (C=O) groups is 1. The van der Waals surface area contributed by atoms with E-state index in [9.17, 15) is 4.79 Å². The summed E-state index contributed by atoms with van der Waals surface area (Å²) in [6.07, 6.45) is 1.65. The number of hydrogen-bond acceptors (Lipinski definition) is 1. The fraction of sp³-hybridized carbons (Fsp3) is 0.286. The van der Waals surface area contributed by atoms with Crippen molar-refractivity contribution in [1.82, 2.24) is 0 Å². The fourth-order valence-electron chi connectivity index (χ4n) is 0.950. The average molecular weight is 124 g/mol. The molecule has 1 unspecified atom stereocenters. The van der Waals surface area contributed by atoms with Gasteiger partial charge in [-0.05, 0) is 6.92 Å². The van der Waals surface area contributed by atoms with Gasteiger partial charge in [0.15, 0.2) is 0 Å². The lowest BCUT2D eigenvalue weighted by Crippen LogP contribution is -1.92. The molecule has 0 aromatic rings. The van der Waals surface area contributed by atoms with Crippen LogP contribution >= 0.6 is 0 Å². The van der Waals surface area contributed by atoms with E-state index in [2.05, 4.69) is 6.58 Å². The van der Waals surface area contributed by atoms with Gasteiger partial charge in [-0.25, -0.2) is 4.79 Å². The molecule has 1 N–H and O–H groups in total. The molecule has 0 amide bonds. The topological polar surface area (TPSA) is 37.3 Å². The summed E-state index contributed by atoms with van der Waals surface area (Å²) in [5.74, 6) is -0.750. The van der Waals surface area contributed by atoms with Gasteiger partial charge in [-0.1, -0.05) is 11.6 Å². The Morgan fingerprint density at radius 3 is 2.56 bits per heavy atom. The maximum atomic E-state index is 10.2. The highest BCUT2D eigenvalue weighted by atomic mass is 16.4. The molecule has 0 saturated carbocycles. The monoisotopic (exact) mass is 124 g/mol. The van der Waals surface area contributed by atoms with E-state index < -0.39 is 5.97 Å². The Morgan fingerprint density at radius 2 is 2.44 bits per heavy atom. The van der Waals surface area contributed by atoms with Gasteiger partial charge >= 0.3 is 5.97 Å². The number of allylic oxidation sites excluding steroid dienone is 2. The van der Waals surface area contributed by atoms with Gasteiger partial charge in [0.25, 0.3) is 0 Å². The predicted octanol–water partition coefficient (Wildman–Crippen LogP) is 1.20. The molecule has 48 valence electrons. The zero-order chi connectivity index (χ0) is 7.02. The van der Waals surface area contributed by atoms with Crippen molar-refractivity contribution in [2.75, 3.05) is 0 Å². The van der Waals surface area contributed by atoms with Crippen LogP contribution in [0.25, 0.3) is 0 Å². The molecular weight excluding hydrogens is 116 g/mol. The summed E-state index contributed by atoms with van der Waals surface area (Å²) in [6.45, 7) is 5.32. The zero-order valence-electron chi connectivity index (χ0n) is 5.22. The molecule has 0 heterocycles. The van der Waals surface area contributed by atoms with Gasteiger partial charge in [0.2, 0.25) is 0 Å². The molecule has 0 radical (unpaired) electrons. The number of hydrogen-bond donors (Lipinski definition) is 1. The smallest absolute Gasteiger partial charge is 0.332 e. The first-order chi connectivity index (χ1) is 4.18.